The highest BCUT2D eigenvalue weighted by atomic mass is 16.5. The van der Waals surface area contributed by atoms with Crippen LogP contribution in [-0.2, 0) is 9.59 Å². The van der Waals surface area contributed by atoms with Gasteiger partial charge in [-0.25, -0.2) is 15.1 Å². The fourth-order valence-corrected chi connectivity index (χ4v) is 3.61. The Morgan fingerprint density at radius 2 is 1.55 bits per heavy atom. The molecular weight excluding hydrogens is 490 g/mol. The standard InChI is InChI=1S/C27H23N5O6/c1-16-7-9-17(10-8-16)23(33)29-19-13-11-18(12-14-19)24(34)31-28-15-20-25(35)30-27(37)32(26(20)36)21-5-3-4-6-22(21)38-2/h3-15,20H,1-2H3,(H,29,33)(H,31,34)(H,30,35,37)/b28-15-/t20-/m1/s1. The lowest BCUT2D eigenvalue weighted by atomic mass is 10.1. The van der Waals surface area contributed by atoms with Gasteiger partial charge in [0.05, 0.1) is 12.8 Å². The number of aryl methyl sites for hydroxylation is 1. The largest absolute Gasteiger partial charge is 0.495 e. The average molecular weight is 514 g/mol. The van der Waals surface area contributed by atoms with Crippen molar-refractivity contribution in [2.75, 3.05) is 17.3 Å². The Hall–Kier alpha value is -5.32. The van der Waals surface area contributed by atoms with Gasteiger partial charge in [0.25, 0.3) is 17.7 Å². The maximum absolute atomic E-state index is 13.0. The monoisotopic (exact) mass is 513 g/mol. The van der Waals surface area contributed by atoms with Crippen LogP contribution in [0.25, 0.3) is 0 Å². The van der Waals surface area contributed by atoms with Crippen molar-refractivity contribution in [2.24, 2.45) is 11.0 Å². The van der Waals surface area contributed by atoms with Crippen molar-refractivity contribution in [3.63, 3.8) is 0 Å². The molecule has 3 aromatic rings. The molecule has 192 valence electrons. The summed E-state index contributed by atoms with van der Waals surface area (Å²) in [6.07, 6.45) is 0.945. The van der Waals surface area contributed by atoms with Crippen LogP contribution in [0, 0.1) is 12.8 Å². The van der Waals surface area contributed by atoms with Crippen molar-refractivity contribution in [1.29, 1.82) is 0 Å². The lowest BCUT2D eigenvalue weighted by molar-refractivity contribution is -0.131. The van der Waals surface area contributed by atoms with Gasteiger partial charge < -0.3 is 10.1 Å². The van der Waals surface area contributed by atoms with Crippen LogP contribution in [0.5, 0.6) is 5.75 Å². The maximum Gasteiger partial charge on any atom is 0.335 e. The van der Waals surface area contributed by atoms with Crippen molar-refractivity contribution in [2.45, 2.75) is 6.92 Å². The fourth-order valence-electron chi connectivity index (χ4n) is 3.61. The molecule has 11 heteroatoms. The highest BCUT2D eigenvalue weighted by Gasteiger charge is 2.41. The minimum absolute atomic E-state index is 0.155. The van der Waals surface area contributed by atoms with E-state index >= 15 is 0 Å². The minimum atomic E-state index is -1.46. The Morgan fingerprint density at radius 3 is 2.24 bits per heavy atom. The summed E-state index contributed by atoms with van der Waals surface area (Å²) in [6.45, 7) is 1.93. The summed E-state index contributed by atoms with van der Waals surface area (Å²) in [5.41, 5.74) is 4.65. The number of hydrogen-bond acceptors (Lipinski definition) is 7. The van der Waals surface area contributed by atoms with Gasteiger partial charge in [-0.2, -0.15) is 5.10 Å². The molecule has 0 aliphatic carbocycles. The number of nitrogens with zero attached hydrogens (tertiary/aromatic N) is 2. The number of benzene rings is 3. The molecule has 0 bridgehead atoms. The molecule has 0 spiro atoms. The number of ether oxygens (including phenoxy) is 1. The number of barbiturate groups is 1. The van der Waals surface area contributed by atoms with Gasteiger partial charge in [0.1, 0.15) is 5.75 Å². The predicted molar refractivity (Wildman–Crippen MR) is 139 cm³/mol. The molecule has 3 N–H and O–H groups in total. The van der Waals surface area contributed by atoms with Crippen molar-refractivity contribution >= 4 is 47.2 Å². The van der Waals surface area contributed by atoms with Gasteiger partial charge in [0.2, 0.25) is 5.91 Å². The number of methoxy groups -OCH3 is 1. The van der Waals surface area contributed by atoms with Crippen LogP contribution < -0.4 is 25.7 Å². The zero-order valence-electron chi connectivity index (χ0n) is 20.4. The van der Waals surface area contributed by atoms with Crippen LogP contribution in [0.2, 0.25) is 0 Å². The maximum atomic E-state index is 13.0. The first-order valence-corrected chi connectivity index (χ1v) is 11.4. The quantitative estimate of drug-likeness (QED) is 0.252. The van der Waals surface area contributed by atoms with Crippen LogP contribution >= 0.6 is 0 Å². The second-order valence-electron chi connectivity index (χ2n) is 8.23. The number of amides is 6. The highest BCUT2D eigenvalue weighted by molar-refractivity contribution is 6.33. The number of imide groups is 2. The number of urea groups is 1. The highest BCUT2D eigenvalue weighted by Crippen LogP contribution is 2.30. The first-order valence-electron chi connectivity index (χ1n) is 11.4. The number of anilines is 2. The molecule has 0 unspecified atom stereocenters. The van der Waals surface area contributed by atoms with E-state index in [1.807, 2.05) is 19.1 Å². The van der Waals surface area contributed by atoms with Gasteiger partial charge in [-0.05, 0) is 55.5 Å². The molecule has 1 heterocycles. The van der Waals surface area contributed by atoms with Crippen LogP contribution in [0.1, 0.15) is 26.3 Å². The SMILES string of the molecule is COc1ccccc1N1C(=O)NC(=O)[C@@H](/C=N\NC(=O)c2ccc(NC(=O)c3ccc(C)cc3)cc2)C1=O. The van der Waals surface area contributed by atoms with E-state index < -0.39 is 29.7 Å². The fraction of sp³-hybridized carbons (Fsp3) is 0.111. The Bertz CT molecular complexity index is 1430. The van der Waals surface area contributed by atoms with Crippen molar-refractivity contribution in [3.05, 3.63) is 89.5 Å². The molecule has 38 heavy (non-hydrogen) atoms. The van der Waals surface area contributed by atoms with E-state index in [1.165, 1.54) is 25.3 Å². The van der Waals surface area contributed by atoms with Crippen LogP contribution in [0.15, 0.2) is 77.9 Å². The van der Waals surface area contributed by atoms with Crippen molar-refractivity contribution in [3.8, 4) is 5.75 Å². The number of para-hydroxylation sites is 2. The summed E-state index contributed by atoms with van der Waals surface area (Å²) in [5, 5.41) is 8.59. The van der Waals surface area contributed by atoms with Crippen LogP contribution in [0.3, 0.4) is 0 Å². The first-order chi connectivity index (χ1) is 18.3. The van der Waals surface area contributed by atoms with E-state index in [-0.39, 0.29) is 22.9 Å². The van der Waals surface area contributed by atoms with E-state index in [9.17, 15) is 24.0 Å². The second-order valence-corrected chi connectivity index (χ2v) is 8.23. The Labute approximate surface area is 217 Å². The predicted octanol–water partition coefficient (Wildman–Crippen LogP) is 2.87. The lowest BCUT2D eigenvalue weighted by Crippen LogP contribution is -2.58. The molecule has 1 aliphatic heterocycles. The van der Waals surface area contributed by atoms with E-state index in [0.717, 1.165) is 16.7 Å². The minimum Gasteiger partial charge on any atom is -0.495 e. The van der Waals surface area contributed by atoms with E-state index in [0.29, 0.717) is 11.3 Å². The van der Waals surface area contributed by atoms with Crippen LogP contribution in [0.4, 0.5) is 16.2 Å². The van der Waals surface area contributed by atoms with E-state index in [1.54, 1.807) is 42.5 Å². The molecule has 1 fully saturated rings. The van der Waals surface area contributed by atoms with Gasteiger partial charge in [0, 0.05) is 23.0 Å². The smallest absolute Gasteiger partial charge is 0.335 e. The van der Waals surface area contributed by atoms with Crippen LogP contribution in [-0.4, -0.2) is 43.0 Å². The summed E-state index contributed by atoms with van der Waals surface area (Å²) in [7, 11) is 1.38. The third-order valence-electron chi connectivity index (χ3n) is 5.64. The third-order valence-corrected chi connectivity index (χ3v) is 5.64. The third kappa shape index (κ3) is 5.57. The number of carbonyl (C=O) groups excluding carboxylic acids is 5. The molecular formula is C27H23N5O6. The number of rotatable bonds is 7. The lowest BCUT2D eigenvalue weighted by Gasteiger charge is -2.29. The van der Waals surface area contributed by atoms with Gasteiger partial charge in [-0.3, -0.25) is 24.5 Å². The van der Waals surface area contributed by atoms with Gasteiger partial charge in [0.15, 0.2) is 5.92 Å². The zero-order valence-corrected chi connectivity index (χ0v) is 20.4. The summed E-state index contributed by atoms with van der Waals surface area (Å²) in [4.78, 5) is 63.2. The molecule has 1 atom stereocenters. The normalized spacial score (nSPS) is 15.3. The molecule has 6 amide bonds. The molecule has 3 aromatic carbocycles. The van der Waals surface area contributed by atoms with Gasteiger partial charge >= 0.3 is 6.03 Å². The molecule has 0 aromatic heterocycles. The zero-order chi connectivity index (χ0) is 27.2. The second kappa shape index (κ2) is 11.2. The molecule has 1 aliphatic rings. The summed E-state index contributed by atoms with van der Waals surface area (Å²) < 4.78 is 5.20. The van der Waals surface area contributed by atoms with E-state index in [4.69, 9.17) is 4.74 Å². The van der Waals surface area contributed by atoms with Crippen molar-refractivity contribution < 1.29 is 28.7 Å². The average Bonchev–Trinajstić information content (AvgIpc) is 2.91. The molecule has 0 radical (unpaired) electrons. The van der Waals surface area contributed by atoms with Crippen molar-refractivity contribution in [1.82, 2.24) is 10.7 Å². The molecule has 4 rings (SSSR count). The number of carbonyl (C=O) groups is 5. The van der Waals surface area contributed by atoms with Gasteiger partial charge in [-0.15, -0.1) is 0 Å². The number of hydrogen-bond donors (Lipinski definition) is 3. The molecule has 1 saturated heterocycles. The molecule has 0 saturated carbocycles. The summed E-state index contributed by atoms with van der Waals surface area (Å²) in [6, 6.07) is 18.6. The Kier molecular flexibility index (Phi) is 7.57. The first kappa shape index (κ1) is 25.8. The number of hydrazone groups is 1. The number of nitrogens with one attached hydrogen (secondary N) is 3. The summed E-state index contributed by atoms with van der Waals surface area (Å²) >= 11 is 0. The van der Waals surface area contributed by atoms with E-state index in [2.05, 4.69) is 21.2 Å². The van der Waals surface area contributed by atoms with Gasteiger partial charge in [-0.1, -0.05) is 29.8 Å². The summed E-state index contributed by atoms with van der Waals surface area (Å²) in [5.74, 6) is -3.83. The Balaban J connectivity index is 1.39. The Morgan fingerprint density at radius 1 is 0.921 bits per heavy atom. The molecule has 11 nitrogen and oxygen atoms in total. The topological polar surface area (TPSA) is 146 Å².